The van der Waals surface area contributed by atoms with Gasteiger partial charge in [0.25, 0.3) is 0 Å². The van der Waals surface area contributed by atoms with Crippen LogP contribution in [0.4, 0.5) is 13.2 Å². The number of nitrogens with two attached hydrogens (primary N) is 1. The molecule has 1 atom stereocenters. The van der Waals surface area contributed by atoms with E-state index < -0.39 is 23.2 Å². The van der Waals surface area contributed by atoms with E-state index in [1.165, 1.54) is 6.07 Å². The Hall–Kier alpha value is -2.45. The molecule has 0 saturated carbocycles. The molecule has 2 aromatic rings. The lowest BCUT2D eigenvalue weighted by Crippen LogP contribution is -2.53. The van der Waals surface area contributed by atoms with E-state index >= 15 is 0 Å². The third kappa shape index (κ3) is 6.04. The van der Waals surface area contributed by atoms with E-state index in [0.717, 1.165) is 50.0 Å². The van der Waals surface area contributed by atoms with E-state index in [1.807, 2.05) is 12.1 Å². The molecule has 1 aliphatic heterocycles. The Kier molecular flexibility index (Phi) is 7.67. The van der Waals surface area contributed by atoms with Gasteiger partial charge in [0.15, 0.2) is 0 Å². The molecule has 2 heterocycles. The smallest absolute Gasteiger partial charge is 0.368 e. The number of aryl methyl sites for hydroxylation is 1. The number of hydrogen-bond acceptors (Lipinski definition) is 4. The molecule has 31 heavy (non-hydrogen) atoms. The third-order valence-corrected chi connectivity index (χ3v) is 6.08. The fraction of sp³-hybridized carbons (Fsp3) is 0.478. The summed E-state index contributed by atoms with van der Waals surface area (Å²) in [6.45, 7) is 2.42. The highest BCUT2D eigenvalue weighted by atomic mass is 19.4. The van der Waals surface area contributed by atoms with Crippen molar-refractivity contribution in [2.24, 2.45) is 11.7 Å². The van der Waals surface area contributed by atoms with Crippen LogP contribution in [0.5, 0.6) is 0 Å². The Morgan fingerprint density at radius 3 is 2.45 bits per heavy atom. The van der Waals surface area contributed by atoms with Crippen molar-refractivity contribution in [2.75, 3.05) is 19.6 Å². The van der Waals surface area contributed by atoms with Crippen LogP contribution in [0.2, 0.25) is 0 Å². The van der Waals surface area contributed by atoms with E-state index in [-0.39, 0.29) is 12.0 Å². The minimum absolute atomic E-state index is 0.245. The predicted octanol–water partition coefficient (Wildman–Crippen LogP) is 3.39. The predicted molar refractivity (Wildman–Crippen MR) is 113 cm³/mol. The number of halogens is 3. The van der Waals surface area contributed by atoms with Crippen LogP contribution in [-0.4, -0.2) is 30.5 Å². The van der Waals surface area contributed by atoms with Crippen molar-refractivity contribution in [2.45, 2.75) is 43.8 Å². The number of aromatic nitrogens is 1. The second kappa shape index (κ2) is 10.2. The van der Waals surface area contributed by atoms with Crippen LogP contribution in [0.1, 0.15) is 42.4 Å². The Balaban J connectivity index is 1.87. The topological polar surface area (TPSA) is 80.0 Å². The quantitative estimate of drug-likeness (QED) is 0.565. The maximum absolute atomic E-state index is 13.4. The number of rotatable bonds is 9. The van der Waals surface area contributed by atoms with E-state index in [0.29, 0.717) is 18.9 Å². The summed E-state index contributed by atoms with van der Waals surface area (Å²) in [6, 6.07) is 8.57. The van der Waals surface area contributed by atoms with E-state index in [1.54, 1.807) is 18.5 Å². The maximum atomic E-state index is 13.4. The van der Waals surface area contributed by atoms with Crippen LogP contribution in [-0.2, 0) is 22.9 Å². The molecule has 1 aromatic heterocycles. The summed E-state index contributed by atoms with van der Waals surface area (Å²) in [5, 5.41) is 6.59. The summed E-state index contributed by atoms with van der Waals surface area (Å²) in [4.78, 5) is 16.7. The molecule has 8 heteroatoms. The standard InChI is InChI=1S/C23H29F3N4O/c24-23(25,26)20-3-1-2-19(16-20)22(21(27)31,10-4-17-5-11-28-12-6-17)30-15-9-18-7-13-29-14-8-18/h1-3,5-6,11-12,16,18,29-30H,4,7-10,13-15H2,(H2,27,31). The van der Waals surface area contributed by atoms with Gasteiger partial charge in [-0.1, -0.05) is 12.1 Å². The Morgan fingerprint density at radius 2 is 1.81 bits per heavy atom. The highest BCUT2D eigenvalue weighted by Gasteiger charge is 2.40. The molecule has 3 rings (SSSR count). The Morgan fingerprint density at radius 1 is 1.13 bits per heavy atom. The van der Waals surface area contributed by atoms with Crippen molar-refractivity contribution in [3.8, 4) is 0 Å². The Bertz CT molecular complexity index is 853. The van der Waals surface area contributed by atoms with Crippen molar-refractivity contribution in [1.29, 1.82) is 0 Å². The van der Waals surface area contributed by atoms with Crippen LogP contribution in [0.15, 0.2) is 48.8 Å². The first kappa shape index (κ1) is 23.2. The SMILES string of the molecule is NC(=O)C(CCc1ccncc1)(NCCC1CCNCC1)c1cccc(C(F)(F)F)c1. The van der Waals surface area contributed by atoms with Crippen molar-refractivity contribution in [3.05, 3.63) is 65.5 Å². The van der Waals surface area contributed by atoms with Gasteiger partial charge in [-0.3, -0.25) is 15.1 Å². The van der Waals surface area contributed by atoms with E-state index in [2.05, 4.69) is 15.6 Å². The zero-order chi connectivity index (χ0) is 22.3. The molecule has 1 unspecified atom stereocenters. The zero-order valence-corrected chi connectivity index (χ0v) is 17.4. The molecule has 0 radical (unpaired) electrons. The average molecular weight is 435 g/mol. The Labute approximate surface area is 180 Å². The minimum Gasteiger partial charge on any atom is -0.368 e. The molecular weight excluding hydrogens is 405 g/mol. The molecule has 0 bridgehead atoms. The number of piperidine rings is 1. The van der Waals surface area contributed by atoms with Gasteiger partial charge < -0.3 is 11.1 Å². The van der Waals surface area contributed by atoms with Gasteiger partial charge in [-0.2, -0.15) is 13.2 Å². The summed E-state index contributed by atoms with van der Waals surface area (Å²) < 4.78 is 40.1. The number of benzene rings is 1. The zero-order valence-electron chi connectivity index (χ0n) is 17.4. The maximum Gasteiger partial charge on any atom is 0.416 e. The lowest BCUT2D eigenvalue weighted by Gasteiger charge is -2.34. The number of carbonyl (C=O) groups excluding carboxylic acids is 1. The molecule has 5 nitrogen and oxygen atoms in total. The second-order valence-corrected chi connectivity index (χ2v) is 8.11. The van der Waals surface area contributed by atoms with Crippen molar-refractivity contribution in [3.63, 3.8) is 0 Å². The molecule has 1 saturated heterocycles. The first-order valence-electron chi connectivity index (χ1n) is 10.6. The summed E-state index contributed by atoms with van der Waals surface area (Å²) in [5.74, 6) is -0.160. The first-order valence-corrected chi connectivity index (χ1v) is 10.6. The molecular formula is C23H29F3N4O. The summed E-state index contributed by atoms with van der Waals surface area (Å²) in [5.41, 5.74) is 4.84. The normalized spacial score (nSPS) is 17.3. The van der Waals surface area contributed by atoms with Crippen LogP contribution in [0.3, 0.4) is 0 Å². The minimum atomic E-state index is -4.50. The van der Waals surface area contributed by atoms with Gasteiger partial charge in [0.2, 0.25) is 5.91 Å². The van der Waals surface area contributed by atoms with Gasteiger partial charge in [-0.25, -0.2) is 0 Å². The number of amides is 1. The van der Waals surface area contributed by atoms with Crippen LogP contribution >= 0.6 is 0 Å². The number of carbonyl (C=O) groups is 1. The summed E-state index contributed by atoms with van der Waals surface area (Å²) in [7, 11) is 0. The number of pyridine rings is 1. The van der Waals surface area contributed by atoms with Crippen molar-refractivity contribution in [1.82, 2.24) is 15.6 Å². The van der Waals surface area contributed by atoms with Crippen LogP contribution < -0.4 is 16.4 Å². The van der Waals surface area contributed by atoms with Gasteiger partial charge >= 0.3 is 6.18 Å². The van der Waals surface area contributed by atoms with Gasteiger partial charge in [-0.15, -0.1) is 0 Å². The van der Waals surface area contributed by atoms with Gasteiger partial charge in [0.1, 0.15) is 5.54 Å². The van der Waals surface area contributed by atoms with Gasteiger partial charge in [0.05, 0.1) is 5.56 Å². The largest absolute Gasteiger partial charge is 0.416 e. The van der Waals surface area contributed by atoms with Crippen LogP contribution in [0.25, 0.3) is 0 Å². The lowest BCUT2D eigenvalue weighted by atomic mass is 9.82. The molecule has 0 spiro atoms. The van der Waals surface area contributed by atoms with E-state index in [9.17, 15) is 18.0 Å². The number of alkyl halides is 3. The van der Waals surface area contributed by atoms with Crippen LogP contribution in [0, 0.1) is 5.92 Å². The number of nitrogens with one attached hydrogen (secondary N) is 2. The molecule has 1 amide bonds. The third-order valence-electron chi connectivity index (χ3n) is 6.08. The lowest BCUT2D eigenvalue weighted by molar-refractivity contribution is -0.138. The van der Waals surface area contributed by atoms with Crippen molar-refractivity contribution >= 4 is 5.91 Å². The molecule has 4 N–H and O–H groups in total. The molecule has 0 aliphatic carbocycles. The second-order valence-electron chi connectivity index (χ2n) is 8.11. The first-order chi connectivity index (χ1) is 14.8. The average Bonchev–Trinajstić information content (AvgIpc) is 2.77. The van der Waals surface area contributed by atoms with Gasteiger partial charge in [-0.05, 0) is 93.0 Å². The van der Waals surface area contributed by atoms with Gasteiger partial charge in [0, 0.05) is 12.4 Å². The number of hydrogen-bond donors (Lipinski definition) is 3. The fourth-order valence-electron chi connectivity index (χ4n) is 4.19. The summed E-state index contributed by atoms with van der Waals surface area (Å²) in [6.07, 6.45) is 2.45. The molecule has 168 valence electrons. The van der Waals surface area contributed by atoms with E-state index in [4.69, 9.17) is 5.73 Å². The van der Waals surface area contributed by atoms with Crippen molar-refractivity contribution < 1.29 is 18.0 Å². The highest BCUT2D eigenvalue weighted by Crippen LogP contribution is 2.34. The fourth-order valence-corrected chi connectivity index (χ4v) is 4.19. The summed E-state index contributed by atoms with van der Waals surface area (Å²) >= 11 is 0. The molecule has 1 fully saturated rings. The number of primary amides is 1. The monoisotopic (exact) mass is 434 g/mol. The molecule has 1 aliphatic rings. The molecule has 1 aromatic carbocycles. The highest BCUT2D eigenvalue weighted by molar-refractivity contribution is 5.86. The number of nitrogens with zero attached hydrogens (tertiary/aromatic N) is 1.